The molecule has 0 aliphatic heterocycles. The number of para-hydroxylation sites is 1. The summed E-state index contributed by atoms with van der Waals surface area (Å²) in [5.41, 5.74) is 12.3. The van der Waals surface area contributed by atoms with Crippen molar-refractivity contribution in [2.75, 3.05) is 6.54 Å². The van der Waals surface area contributed by atoms with E-state index >= 15 is 0 Å². The Hall–Kier alpha value is -2.28. The molecule has 0 bridgehead atoms. The van der Waals surface area contributed by atoms with Gasteiger partial charge in [-0.15, -0.1) is 0 Å². The summed E-state index contributed by atoms with van der Waals surface area (Å²) in [5, 5.41) is 27.6. The largest absolute Gasteiger partial charge is 0.507 e. The Labute approximate surface area is 149 Å². The lowest BCUT2D eigenvalue weighted by Gasteiger charge is -2.14. The van der Waals surface area contributed by atoms with Gasteiger partial charge in [0.1, 0.15) is 11.8 Å². The van der Waals surface area contributed by atoms with Crippen LogP contribution in [0.3, 0.4) is 0 Å². The molecule has 0 saturated carbocycles. The fraction of sp³-hybridized carbons (Fsp3) is 0.556. The maximum absolute atomic E-state index is 10.2. The molecule has 1 aromatic carbocycles. The van der Waals surface area contributed by atoms with Gasteiger partial charge in [0.25, 0.3) is 0 Å². The minimum absolute atomic E-state index is 0.112. The third-order valence-electron chi connectivity index (χ3n) is 3.67. The minimum Gasteiger partial charge on any atom is -0.507 e. The van der Waals surface area contributed by atoms with Gasteiger partial charge in [0.2, 0.25) is 0 Å². The molecule has 0 saturated heterocycles. The van der Waals surface area contributed by atoms with Gasteiger partial charge in [-0.25, -0.2) is 0 Å². The number of rotatable bonds is 7. The van der Waals surface area contributed by atoms with Crippen molar-refractivity contribution in [3.8, 4) is 5.75 Å². The molecule has 142 valence electrons. The number of nitrogens with one attached hydrogen (secondary N) is 2. The molecule has 25 heavy (non-hydrogen) atoms. The number of carbonyl (C=O) groups is 1. The van der Waals surface area contributed by atoms with E-state index in [9.17, 15) is 9.90 Å². The van der Waals surface area contributed by atoms with Crippen LogP contribution < -0.4 is 16.8 Å². The molecule has 7 nitrogen and oxygen atoms in total. The summed E-state index contributed by atoms with van der Waals surface area (Å²) in [6.07, 6.45) is 0.975. The van der Waals surface area contributed by atoms with E-state index in [4.69, 9.17) is 22.0 Å². The van der Waals surface area contributed by atoms with Crippen LogP contribution in [0.5, 0.6) is 5.75 Å². The van der Waals surface area contributed by atoms with Gasteiger partial charge in [0.15, 0.2) is 5.96 Å². The zero-order valence-corrected chi connectivity index (χ0v) is 15.5. The molecular formula is C18H32N4O3. The highest BCUT2D eigenvalue weighted by atomic mass is 16.4. The van der Waals surface area contributed by atoms with Crippen LogP contribution in [0.1, 0.15) is 63.5 Å². The van der Waals surface area contributed by atoms with Crippen molar-refractivity contribution in [3.05, 3.63) is 29.3 Å². The monoisotopic (exact) mass is 352 g/mol. The van der Waals surface area contributed by atoms with Crippen molar-refractivity contribution in [2.45, 2.75) is 58.4 Å². The van der Waals surface area contributed by atoms with E-state index in [1.54, 1.807) is 0 Å². The normalized spacial score (nSPS) is 11.6. The summed E-state index contributed by atoms with van der Waals surface area (Å²) in [5.74, 6) is 0.140. The molecule has 8 N–H and O–H groups in total. The molecular weight excluding hydrogens is 320 g/mol. The fourth-order valence-corrected chi connectivity index (χ4v) is 2.18. The highest BCUT2D eigenvalue weighted by molar-refractivity contribution is 5.74. The van der Waals surface area contributed by atoms with E-state index in [2.05, 4.69) is 33.0 Å². The second kappa shape index (κ2) is 11.3. The second-order valence-corrected chi connectivity index (χ2v) is 6.52. The summed E-state index contributed by atoms with van der Waals surface area (Å²) in [4.78, 5) is 10.2. The third-order valence-corrected chi connectivity index (χ3v) is 3.67. The van der Waals surface area contributed by atoms with Crippen LogP contribution in [0.25, 0.3) is 0 Å². The summed E-state index contributed by atoms with van der Waals surface area (Å²) >= 11 is 0. The highest BCUT2D eigenvalue weighted by Gasteiger charge is 2.11. The Balaban J connectivity index is 0.000000463. The van der Waals surface area contributed by atoms with Crippen molar-refractivity contribution in [1.29, 1.82) is 5.41 Å². The average Bonchev–Trinajstić information content (AvgIpc) is 2.51. The van der Waals surface area contributed by atoms with Crippen LogP contribution >= 0.6 is 0 Å². The predicted octanol–water partition coefficient (Wildman–Crippen LogP) is 2.30. The smallest absolute Gasteiger partial charge is 0.320 e. The van der Waals surface area contributed by atoms with E-state index in [1.165, 1.54) is 0 Å². The van der Waals surface area contributed by atoms with Gasteiger partial charge in [0.05, 0.1) is 0 Å². The SMILES string of the molecule is CC(C)c1cccc(C(C)C)c1O.N=C(N)NCCCC(N)C(=O)O. The molecule has 1 aromatic rings. The van der Waals surface area contributed by atoms with Gasteiger partial charge < -0.3 is 27.0 Å². The van der Waals surface area contributed by atoms with E-state index in [-0.39, 0.29) is 5.96 Å². The molecule has 7 heteroatoms. The van der Waals surface area contributed by atoms with Crippen LogP contribution in [-0.4, -0.2) is 34.7 Å². The number of nitrogens with two attached hydrogens (primary N) is 2. The number of hydrogen-bond donors (Lipinski definition) is 6. The van der Waals surface area contributed by atoms with Crippen molar-refractivity contribution >= 4 is 11.9 Å². The molecule has 0 radical (unpaired) electrons. The van der Waals surface area contributed by atoms with Crippen LogP contribution in [0.15, 0.2) is 18.2 Å². The minimum atomic E-state index is -1.00. The molecule has 1 rings (SSSR count). The van der Waals surface area contributed by atoms with Crippen molar-refractivity contribution in [1.82, 2.24) is 5.32 Å². The quantitative estimate of drug-likeness (QED) is 0.252. The Morgan fingerprint density at radius 1 is 1.20 bits per heavy atom. The standard InChI is InChI=1S/C12H18O.C6H14N4O2/c1-8(2)10-6-5-7-11(9(3)4)12(10)13;7-4(5(11)12)2-1-3-10-6(8)9/h5-9,13H,1-4H3;4H,1-3,7H2,(H,11,12)(H4,8,9,10). The Bertz CT molecular complexity index is 533. The lowest BCUT2D eigenvalue weighted by molar-refractivity contribution is -0.138. The molecule has 1 unspecified atom stereocenters. The zero-order chi connectivity index (χ0) is 19.6. The summed E-state index contributed by atoms with van der Waals surface area (Å²) in [7, 11) is 0. The van der Waals surface area contributed by atoms with Gasteiger partial charge in [-0.3, -0.25) is 10.2 Å². The Morgan fingerprint density at radius 3 is 2.04 bits per heavy atom. The Kier molecular flexibility index (Phi) is 10.3. The third kappa shape index (κ3) is 8.95. The first kappa shape index (κ1) is 22.7. The van der Waals surface area contributed by atoms with E-state index < -0.39 is 12.0 Å². The number of phenols is 1. The topological polar surface area (TPSA) is 145 Å². The van der Waals surface area contributed by atoms with Gasteiger partial charge in [-0.2, -0.15) is 0 Å². The lowest BCUT2D eigenvalue weighted by Crippen LogP contribution is -2.34. The van der Waals surface area contributed by atoms with Gasteiger partial charge >= 0.3 is 5.97 Å². The number of carboxylic acid groups (broad SMARTS) is 1. The molecule has 0 aliphatic rings. The predicted molar refractivity (Wildman–Crippen MR) is 101 cm³/mol. The average molecular weight is 352 g/mol. The molecule has 0 fully saturated rings. The van der Waals surface area contributed by atoms with Crippen molar-refractivity contribution in [3.63, 3.8) is 0 Å². The van der Waals surface area contributed by atoms with Crippen LogP contribution in [0, 0.1) is 5.41 Å². The zero-order valence-electron chi connectivity index (χ0n) is 15.5. The molecule has 0 aliphatic carbocycles. The first-order chi connectivity index (χ1) is 11.6. The van der Waals surface area contributed by atoms with Crippen LogP contribution in [0.2, 0.25) is 0 Å². The van der Waals surface area contributed by atoms with Gasteiger partial charge in [-0.05, 0) is 35.8 Å². The molecule has 1 atom stereocenters. The van der Waals surface area contributed by atoms with Crippen molar-refractivity contribution < 1.29 is 15.0 Å². The summed E-state index contributed by atoms with van der Waals surface area (Å²) in [6.45, 7) is 8.87. The molecule has 0 heterocycles. The number of hydrogen-bond acceptors (Lipinski definition) is 4. The van der Waals surface area contributed by atoms with E-state index in [1.807, 2.05) is 18.2 Å². The number of phenolic OH excluding ortho intramolecular Hbond substituents is 1. The molecule has 0 spiro atoms. The first-order valence-corrected chi connectivity index (χ1v) is 8.45. The number of benzene rings is 1. The first-order valence-electron chi connectivity index (χ1n) is 8.45. The van der Waals surface area contributed by atoms with Crippen molar-refractivity contribution in [2.24, 2.45) is 11.5 Å². The van der Waals surface area contributed by atoms with Crippen LogP contribution in [0.4, 0.5) is 0 Å². The van der Waals surface area contributed by atoms with Crippen LogP contribution in [-0.2, 0) is 4.79 Å². The lowest BCUT2D eigenvalue weighted by atomic mass is 9.94. The number of carboxylic acids is 1. The Morgan fingerprint density at radius 2 is 1.68 bits per heavy atom. The number of aromatic hydroxyl groups is 1. The van der Waals surface area contributed by atoms with E-state index in [0.29, 0.717) is 37.0 Å². The van der Waals surface area contributed by atoms with Gasteiger partial charge in [0, 0.05) is 6.54 Å². The number of aliphatic carboxylic acids is 1. The fourth-order valence-electron chi connectivity index (χ4n) is 2.18. The number of guanidine groups is 1. The van der Waals surface area contributed by atoms with E-state index in [0.717, 1.165) is 11.1 Å². The summed E-state index contributed by atoms with van der Waals surface area (Å²) in [6, 6.07) is 5.18. The maximum atomic E-state index is 10.2. The molecule has 0 amide bonds. The summed E-state index contributed by atoms with van der Waals surface area (Å²) < 4.78 is 0. The molecule has 0 aromatic heterocycles. The highest BCUT2D eigenvalue weighted by Crippen LogP contribution is 2.32. The second-order valence-electron chi connectivity index (χ2n) is 6.52. The van der Waals surface area contributed by atoms with Gasteiger partial charge in [-0.1, -0.05) is 45.9 Å². The maximum Gasteiger partial charge on any atom is 0.320 e.